The summed E-state index contributed by atoms with van der Waals surface area (Å²) < 4.78 is 0.829. The highest BCUT2D eigenvalue weighted by atomic mass is 127. The van der Waals surface area contributed by atoms with E-state index in [1.807, 2.05) is 0 Å². The van der Waals surface area contributed by atoms with Crippen LogP contribution in [0.5, 0.6) is 11.5 Å². The lowest BCUT2D eigenvalue weighted by molar-refractivity contribution is -0.141. The van der Waals surface area contributed by atoms with Crippen LogP contribution in [0.3, 0.4) is 0 Å². The first-order valence-electron chi connectivity index (χ1n) is 37.0. The summed E-state index contributed by atoms with van der Waals surface area (Å²) in [6, 6.07) is 15.8. The number of benzene rings is 5. The average molecular weight is 1760 g/mol. The molecule has 3 fully saturated rings. The number of fused-ring (bicyclic) bond motifs is 32. The molecule has 116 heavy (non-hydrogen) atoms. The van der Waals surface area contributed by atoms with Crippen molar-refractivity contribution in [1.29, 1.82) is 5.41 Å². The Kier molecular flexibility index (Phi) is 33.1. The number of phenolic OH excluding ortho intramolecular Hbond substituents is 2. The van der Waals surface area contributed by atoms with Crippen molar-refractivity contribution >= 4 is 150 Å². The van der Waals surface area contributed by atoms with Crippen LogP contribution in [-0.2, 0) is 101 Å². The molecule has 3 aliphatic heterocycles. The lowest BCUT2D eigenvalue weighted by Gasteiger charge is -2.36. The highest BCUT2D eigenvalue weighted by molar-refractivity contribution is 14.1. The van der Waals surface area contributed by atoms with Crippen molar-refractivity contribution in [2.45, 2.75) is 137 Å². The molecule has 35 nitrogen and oxygen atoms in total. The van der Waals surface area contributed by atoms with Crippen molar-refractivity contribution in [3.8, 4) is 11.5 Å². The first-order valence-corrected chi connectivity index (χ1v) is 41.7. The Balaban J connectivity index is 1.13. The van der Waals surface area contributed by atoms with Crippen molar-refractivity contribution < 1.29 is 72.5 Å². The number of halogens is 1. The Morgan fingerprint density at radius 2 is 1.21 bits per heavy atom. The molecule has 24 N–H and O–H groups in total. The highest BCUT2D eigenvalue weighted by Crippen LogP contribution is 2.27. The van der Waals surface area contributed by atoms with Gasteiger partial charge in [-0.25, -0.2) is 4.98 Å². The van der Waals surface area contributed by atoms with Gasteiger partial charge in [-0.3, -0.25) is 67.7 Å². The van der Waals surface area contributed by atoms with Crippen molar-refractivity contribution in [2.24, 2.45) is 22.9 Å². The largest absolute Gasteiger partial charge is 0.508 e. The molecule has 0 aliphatic carbocycles. The van der Waals surface area contributed by atoms with E-state index in [4.69, 9.17) is 28.3 Å². The van der Waals surface area contributed by atoms with Gasteiger partial charge in [-0.05, 0) is 119 Å². The van der Waals surface area contributed by atoms with Gasteiger partial charge in [0.15, 0.2) is 5.96 Å². The number of aromatic nitrogens is 3. The number of amides is 13. The molecule has 7 aromatic rings. The minimum Gasteiger partial charge on any atom is -0.508 e. The molecule has 0 saturated carbocycles. The quantitative estimate of drug-likeness (QED) is 0.00895. The number of rotatable bonds is 23. The Morgan fingerprint density at radius 3 is 1.86 bits per heavy atom. The molecule has 5 aromatic carbocycles. The predicted molar refractivity (Wildman–Crippen MR) is 444 cm³/mol. The number of thioether (sulfide) groups is 1. The highest BCUT2D eigenvalue weighted by Gasteiger charge is 2.40. The van der Waals surface area contributed by atoms with Gasteiger partial charge in [0.05, 0.1) is 30.2 Å². The molecule has 5 heterocycles. The van der Waals surface area contributed by atoms with Gasteiger partial charge in [-0.2, -0.15) is 0 Å². The number of carbonyl (C=O) groups is 13. The lowest BCUT2D eigenvalue weighted by atomic mass is 10.00. The van der Waals surface area contributed by atoms with E-state index < -0.39 is 174 Å². The van der Waals surface area contributed by atoms with Crippen molar-refractivity contribution in [3.63, 3.8) is 0 Å². The number of nitrogens with two attached hydrogens (primary N) is 4. The minimum atomic E-state index is -1.84. The average Bonchev–Trinajstić information content (AvgIpc) is 1.57. The Hall–Kier alpha value is -11.4. The van der Waals surface area contributed by atoms with E-state index in [0.29, 0.717) is 38.7 Å². The Labute approximate surface area is 692 Å². The van der Waals surface area contributed by atoms with E-state index in [-0.39, 0.29) is 92.6 Å². The maximum atomic E-state index is 15.5. The summed E-state index contributed by atoms with van der Waals surface area (Å²) in [7, 11) is 1.79. The molecule has 2 bridgehead atoms. The second-order valence-electron chi connectivity index (χ2n) is 27.8. The molecular formula is C77H93IN20O15S3. The van der Waals surface area contributed by atoms with Crippen molar-refractivity contribution in [2.75, 3.05) is 36.1 Å². The maximum absolute atomic E-state index is 15.5. The lowest BCUT2D eigenvalue weighted by Crippen LogP contribution is -2.62. The van der Waals surface area contributed by atoms with Crippen LogP contribution < -0.4 is 81.4 Å². The standard InChI is InChI=1S/C77H93IN20O15S3/c1-41-67(104)91-56(28-42-8-3-2-4-9-42)70(107)97-62(74(111)90-55(66(81)103)27-45-17-23-51(100)24-18-45)38-116-115-37-61(95-68(105)53(79)26-43-15-21-50(99)22-16-43)75(112)93-58(31-49-34-84-40-87-49)72(109)92-57(29-44-13-19-47(78)20-14-44)71(108)96-60-36-114-39-65(102)98(35-48(89-73(60)110)10-7-25-85-77(82)83)63(30-46-33-86-54-12-6-5-11-52(46)54)76(113)94-59(32-64(80)101)69(106)88-41/h2-6,8-9,11-24,33-34,40-41,48,53,55-63,86,99-100H,7,10,25-32,35-39,79H2,1H3,(H2,80,101)(H2,81,103)(H,84,87)(H,88,106)(H,89,110)(H,90,111)(H,91,104)(H,92,109)(H,93,112)(H,94,113)(H,95,105)(H,96,108)(H,97,107)(H4,82,83,85)/t41-,48-,53-,55-,56?,57+,58-,59-,60+,61?,62-,63?/m0/s1. The van der Waals surface area contributed by atoms with Gasteiger partial charge in [0.2, 0.25) is 76.8 Å². The monoisotopic (exact) mass is 1760 g/mol. The molecule has 2 aromatic heterocycles. The summed E-state index contributed by atoms with van der Waals surface area (Å²) in [5.41, 5.74) is 27.3. The van der Waals surface area contributed by atoms with Gasteiger partial charge < -0.3 is 107 Å². The third-order valence-corrected chi connectivity index (χ3v) is 23.1. The van der Waals surface area contributed by atoms with E-state index in [1.165, 1.54) is 60.7 Å². The molecule has 10 rings (SSSR count). The van der Waals surface area contributed by atoms with E-state index in [0.717, 1.165) is 36.9 Å². The predicted octanol–water partition coefficient (Wildman–Crippen LogP) is -1.18. The number of aromatic amines is 2. The van der Waals surface area contributed by atoms with Crippen LogP contribution in [0.25, 0.3) is 10.9 Å². The smallest absolute Gasteiger partial charge is 0.244 e. The summed E-state index contributed by atoms with van der Waals surface area (Å²) in [6.07, 6.45) is 2.51. The number of H-pyrrole nitrogens is 2. The zero-order valence-electron chi connectivity index (χ0n) is 62.9. The topological polar surface area (TPSA) is 570 Å². The number of carbonyl (C=O) groups excluding carboxylic acids is 13. The fourth-order valence-electron chi connectivity index (χ4n) is 12.7. The number of phenols is 2. The van der Waals surface area contributed by atoms with Crippen molar-refractivity contribution in [3.05, 3.63) is 183 Å². The summed E-state index contributed by atoms with van der Waals surface area (Å²) in [5, 5.41) is 58.3. The van der Waals surface area contributed by atoms with Gasteiger partial charge in [0.25, 0.3) is 0 Å². The van der Waals surface area contributed by atoms with Crippen LogP contribution in [0.1, 0.15) is 59.7 Å². The van der Waals surface area contributed by atoms with Gasteiger partial charge in [0.1, 0.15) is 71.9 Å². The summed E-state index contributed by atoms with van der Waals surface area (Å²) in [6.45, 7) is 0.940. The molecule has 3 unspecified atom stereocenters. The number of nitrogens with one attached hydrogen (secondary N) is 14. The molecule has 0 radical (unpaired) electrons. The fourth-order valence-corrected chi connectivity index (χ4v) is 16.3. The normalized spacial score (nSPS) is 22.1. The minimum absolute atomic E-state index is 0.0468. The van der Waals surface area contributed by atoms with E-state index in [1.54, 1.807) is 97.2 Å². The Morgan fingerprint density at radius 1 is 0.621 bits per heavy atom. The number of hydrogen-bond acceptors (Lipinski definition) is 21. The number of guanidine groups is 1. The fraction of sp³-hybridized carbons (Fsp3) is 0.364. The summed E-state index contributed by atoms with van der Waals surface area (Å²) in [5.74, 6) is -14.2. The second kappa shape index (κ2) is 43.3. The van der Waals surface area contributed by atoms with Gasteiger partial charge in [-0.15, -0.1) is 11.8 Å². The van der Waals surface area contributed by atoms with E-state index in [9.17, 15) is 39.0 Å². The number of hydrogen-bond donors (Lipinski definition) is 20. The summed E-state index contributed by atoms with van der Waals surface area (Å²) in [4.78, 5) is 203. The molecule has 13 amide bonds. The van der Waals surface area contributed by atoms with Crippen LogP contribution in [0, 0.1) is 8.98 Å². The SMILES string of the molecule is C[C@@H]1NC(=O)[C@H](CC(N)=O)NC(=O)C(Cc2c[nH]c3ccccc23)N2C[C@H](CCCNC(=N)N)NC(=O)[C@@H](CSCC2=O)NC(=O)[C@@H](Cc2ccc(I)cc2)NC(=O)[C@H](Cc2c[nH]cn2)NC(=O)C(NC(=O)[C@@H](N)Cc2ccc(O)cc2)CSSC[C@@H](C(=O)N[C@@H](Cc2ccc(O)cc2)C(N)=O)NC(=O)C(Cc2ccccc2)NC1=O. The third kappa shape index (κ3) is 27.1. The molecule has 0 spiro atoms. The van der Waals surface area contributed by atoms with E-state index in [2.05, 4.69) is 96.0 Å². The van der Waals surface area contributed by atoms with Crippen LogP contribution in [-0.4, -0.2) is 221 Å². The van der Waals surface area contributed by atoms with Gasteiger partial charge >= 0.3 is 0 Å². The van der Waals surface area contributed by atoms with Crippen LogP contribution in [0.4, 0.5) is 0 Å². The molecular weight excluding hydrogens is 1670 g/mol. The molecule has 3 aliphatic rings. The molecule has 3 saturated heterocycles. The Bertz CT molecular complexity index is 4630. The van der Waals surface area contributed by atoms with Gasteiger partial charge in [-0.1, -0.05) is 107 Å². The number of aromatic hydroxyl groups is 2. The van der Waals surface area contributed by atoms with Crippen LogP contribution in [0.2, 0.25) is 0 Å². The number of primary amides is 2. The first-order chi connectivity index (χ1) is 55.5. The van der Waals surface area contributed by atoms with E-state index >= 15 is 33.6 Å². The zero-order valence-corrected chi connectivity index (χ0v) is 67.5. The third-order valence-electron chi connectivity index (χ3n) is 18.9. The number of imidazole rings is 1. The number of para-hydroxylation sites is 1. The number of nitrogens with zero attached hydrogens (tertiary/aromatic N) is 2. The zero-order chi connectivity index (χ0) is 83.5. The van der Waals surface area contributed by atoms with Crippen LogP contribution in [0.15, 0.2) is 146 Å². The maximum Gasteiger partial charge on any atom is 0.244 e. The molecule has 616 valence electrons. The van der Waals surface area contributed by atoms with Crippen molar-refractivity contribution in [1.82, 2.24) is 78.3 Å². The van der Waals surface area contributed by atoms with Gasteiger partial charge in [0, 0.05) is 95.4 Å². The molecule has 12 atom stereocenters. The van der Waals surface area contributed by atoms with Crippen LogP contribution >= 0.6 is 55.9 Å². The summed E-state index contributed by atoms with van der Waals surface area (Å²) >= 11 is 3.02. The molecule has 39 heteroatoms. The first kappa shape index (κ1) is 88.5. The second-order valence-corrected chi connectivity index (χ2v) is 32.7.